The van der Waals surface area contributed by atoms with Gasteiger partial charge in [-0.3, -0.25) is 4.79 Å². The summed E-state index contributed by atoms with van der Waals surface area (Å²) in [6.45, 7) is 1.42. The van der Waals surface area contributed by atoms with Crippen LogP contribution in [0.5, 0.6) is 0 Å². The molecule has 1 aromatic carbocycles. The lowest BCUT2D eigenvalue weighted by atomic mass is 9.92. The topological polar surface area (TPSA) is 63.7 Å². The van der Waals surface area contributed by atoms with E-state index in [0.29, 0.717) is 22.8 Å². The summed E-state index contributed by atoms with van der Waals surface area (Å²) in [5.41, 5.74) is 0. The van der Waals surface area contributed by atoms with Gasteiger partial charge in [-0.1, -0.05) is 11.6 Å². The zero-order chi connectivity index (χ0) is 15.4. The molecule has 2 aliphatic heterocycles. The van der Waals surface area contributed by atoms with E-state index in [1.165, 1.54) is 6.92 Å². The molecule has 6 aliphatic rings. The Labute approximate surface area is 133 Å². The van der Waals surface area contributed by atoms with Crippen molar-refractivity contribution in [3.05, 3.63) is 29.3 Å². The zero-order valence-corrected chi connectivity index (χ0v) is 13.3. The van der Waals surface area contributed by atoms with E-state index in [9.17, 15) is 13.2 Å². The molecule has 5 atom stereocenters. The van der Waals surface area contributed by atoms with Gasteiger partial charge >= 0.3 is 5.97 Å². The molecule has 6 bridgehead atoms. The molecule has 4 aliphatic carbocycles. The van der Waals surface area contributed by atoms with Gasteiger partial charge < -0.3 is 4.74 Å². The number of nitrogens with zero attached hydrogens (tertiary/aromatic N) is 1. The predicted molar refractivity (Wildman–Crippen MR) is 77.6 cm³/mol. The fraction of sp³-hybridized carbons (Fsp3) is 0.533. The lowest BCUT2D eigenvalue weighted by Crippen LogP contribution is -2.61. The maximum Gasteiger partial charge on any atom is 0.302 e. The fourth-order valence-electron chi connectivity index (χ4n) is 5.27. The van der Waals surface area contributed by atoms with Gasteiger partial charge in [-0.25, -0.2) is 8.42 Å². The van der Waals surface area contributed by atoms with Gasteiger partial charge in [0.2, 0.25) is 10.0 Å². The van der Waals surface area contributed by atoms with Crippen LogP contribution < -0.4 is 0 Å². The van der Waals surface area contributed by atoms with E-state index in [0.717, 1.165) is 0 Å². The average Bonchev–Trinajstić information content (AvgIpc) is 2.67. The van der Waals surface area contributed by atoms with E-state index in [-0.39, 0.29) is 35.0 Å². The van der Waals surface area contributed by atoms with E-state index >= 15 is 0 Å². The highest BCUT2D eigenvalue weighted by Gasteiger charge is 2.89. The molecule has 0 aromatic heterocycles. The zero-order valence-electron chi connectivity index (χ0n) is 11.7. The lowest BCUT2D eigenvalue weighted by Gasteiger charge is -2.46. The predicted octanol–water partition coefficient (Wildman–Crippen LogP) is 1.52. The van der Waals surface area contributed by atoms with Gasteiger partial charge in [-0.15, -0.1) is 0 Å². The van der Waals surface area contributed by atoms with Gasteiger partial charge in [0.25, 0.3) is 0 Å². The second kappa shape index (κ2) is 3.86. The molecule has 7 rings (SSSR count). The number of carbonyl (C=O) groups excluding carboxylic acids is 1. The fourth-order valence-corrected chi connectivity index (χ4v) is 7.32. The van der Waals surface area contributed by atoms with E-state index < -0.39 is 10.0 Å². The first kappa shape index (κ1) is 13.3. The Kier molecular flexibility index (Phi) is 2.34. The van der Waals surface area contributed by atoms with Crippen molar-refractivity contribution in [1.82, 2.24) is 4.31 Å². The third-order valence-electron chi connectivity index (χ3n) is 5.81. The van der Waals surface area contributed by atoms with Crippen LogP contribution in [0.4, 0.5) is 0 Å². The Morgan fingerprint density at radius 1 is 1.09 bits per heavy atom. The third kappa shape index (κ3) is 1.35. The quantitative estimate of drug-likeness (QED) is 0.783. The number of sulfonamides is 1. The van der Waals surface area contributed by atoms with Crippen LogP contribution in [0.25, 0.3) is 0 Å². The number of ether oxygens (including phenoxy) is 1. The summed E-state index contributed by atoms with van der Waals surface area (Å²) in [5, 5.41) is 0.519. The van der Waals surface area contributed by atoms with Crippen LogP contribution in [0.1, 0.15) is 6.92 Å². The average molecular weight is 340 g/mol. The van der Waals surface area contributed by atoms with Crippen molar-refractivity contribution in [2.45, 2.75) is 30.0 Å². The SMILES string of the molecule is CC(=O)OC1C2C3C2C2C1C3N2S(=O)(=O)c1ccc(Cl)cc1. The molecule has 5 unspecified atom stereocenters. The summed E-state index contributed by atoms with van der Waals surface area (Å²) in [7, 11) is -3.48. The van der Waals surface area contributed by atoms with Gasteiger partial charge in [-0.05, 0) is 36.1 Å². The van der Waals surface area contributed by atoms with Gasteiger partial charge in [-0.2, -0.15) is 4.31 Å². The van der Waals surface area contributed by atoms with Crippen LogP contribution in [-0.4, -0.2) is 36.9 Å². The minimum atomic E-state index is -3.48. The molecule has 22 heavy (non-hydrogen) atoms. The number of piperidine rings is 1. The largest absolute Gasteiger partial charge is 0.462 e. The summed E-state index contributed by atoms with van der Waals surface area (Å²) in [5.74, 6) is 1.10. The summed E-state index contributed by atoms with van der Waals surface area (Å²) in [4.78, 5) is 11.5. The second-order valence-corrected chi connectivity index (χ2v) is 8.93. The molecule has 116 valence electrons. The van der Waals surface area contributed by atoms with Crippen molar-refractivity contribution in [3.8, 4) is 0 Å². The first-order chi connectivity index (χ1) is 10.4. The summed E-state index contributed by atoms with van der Waals surface area (Å²) >= 11 is 5.83. The molecule has 2 saturated heterocycles. The summed E-state index contributed by atoms with van der Waals surface area (Å²) < 4.78 is 32.7. The molecule has 0 spiro atoms. The molecule has 6 fully saturated rings. The number of carbonyl (C=O) groups is 1. The van der Waals surface area contributed by atoms with Crippen molar-refractivity contribution in [3.63, 3.8) is 0 Å². The van der Waals surface area contributed by atoms with Crippen molar-refractivity contribution < 1.29 is 17.9 Å². The number of benzene rings is 1. The molecule has 0 amide bonds. The van der Waals surface area contributed by atoms with Gasteiger partial charge in [0.1, 0.15) is 6.10 Å². The Hall–Kier alpha value is -1.11. The van der Waals surface area contributed by atoms with Crippen LogP contribution in [-0.2, 0) is 19.6 Å². The third-order valence-corrected chi connectivity index (χ3v) is 7.97. The molecule has 0 N–H and O–H groups in total. The molecular weight excluding hydrogens is 326 g/mol. The lowest BCUT2D eigenvalue weighted by molar-refractivity contribution is -0.150. The summed E-state index contributed by atoms with van der Waals surface area (Å²) in [6.07, 6.45) is -0.0702. The van der Waals surface area contributed by atoms with Crippen molar-refractivity contribution >= 4 is 27.6 Å². The second-order valence-electron chi connectivity index (χ2n) is 6.65. The maximum atomic E-state index is 12.8. The molecule has 5 nitrogen and oxygen atoms in total. The Morgan fingerprint density at radius 3 is 2.23 bits per heavy atom. The molecule has 4 saturated carbocycles. The van der Waals surface area contributed by atoms with E-state index in [2.05, 4.69) is 0 Å². The number of rotatable bonds is 3. The first-order valence-electron chi connectivity index (χ1n) is 7.39. The van der Waals surface area contributed by atoms with Crippen LogP contribution in [0.3, 0.4) is 0 Å². The number of halogens is 1. The van der Waals surface area contributed by atoms with E-state index in [1.807, 2.05) is 0 Å². The Bertz CT molecular complexity index is 774. The molecule has 1 aromatic rings. The number of esters is 1. The van der Waals surface area contributed by atoms with Gasteiger partial charge in [0.05, 0.1) is 4.90 Å². The normalized spacial score (nSPS) is 43.8. The van der Waals surface area contributed by atoms with Crippen LogP contribution in [0.2, 0.25) is 5.02 Å². The van der Waals surface area contributed by atoms with E-state index in [1.54, 1.807) is 28.6 Å². The highest BCUT2D eigenvalue weighted by atomic mass is 35.5. The van der Waals surface area contributed by atoms with Crippen molar-refractivity contribution in [1.29, 1.82) is 0 Å². The molecule has 2 heterocycles. The van der Waals surface area contributed by atoms with Crippen LogP contribution in [0.15, 0.2) is 29.2 Å². The highest BCUT2D eigenvalue weighted by Crippen LogP contribution is 2.80. The monoisotopic (exact) mass is 339 g/mol. The van der Waals surface area contributed by atoms with Gasteiger partial charge in [0.15, 0.2) is 0 Å². The number of hydrogen-bond acceptors (Lipinski definition) is 4. The van der Waals surface area contributed by atoms with Gasteiger partial charge in [0, 0.05) is 35.9 Å². The Morgan fingerprint density at radius 2 is 1.68 bits per heavy atom. The van der Waals surface area contributed by atoms with Crippen LogP contribution in [0, 0.1) is 23.7 Å². The minimum absolute atomic E-state index is 0.0185. The molecule has 0 radical (unpaired) electrons. The standard InChI is InChI=1S/C15H14ClNO4S/c1-6(18)21-15-11-9-10(11)14-12(15)13(9)17(14)22(19,20)8-4-2-7(16)3-5-8/h2-5,9-15H,1H3. The van der Waals surface area contributed by atoms with E-state index in [4.69, 9.17) is 16.3 Å². The first-order valence-corrected chi connectivity index (χ1v) is 9.21. The maximum absolute atomic E-state index is 12.8. The number of hydrogen-bond donors (Lipinski definition) is 0. The molecular formula is C15H14ClNO4S. The summed E-state index contributed by atoms with van der Waals surface area (Å²) in [6, 6.07) is 6.33. The van der Waals surface area contributed by atoms with Crippen molar-refractivity contribution in [2.75, 3.05) is 0 Å². The highest BCUT2D eigenvalue weighted by molar-refractivity contribution is 7.89. The van der Waals surface area contributed by atoms with Crippen LogP contribution >= 0.6 is 11.6 Å². The smallest absolute Gasteiger partial charge is 0.302 e. The minimum Gasteiger partial charge on any atom is -0.462 e. The Balaban J connectivity index is 1.45. The van der Waals surface area contributed by atoms with Crippen molar-refractivity contribution in [2.24, 2.45) is 23.7 Å². The molecule has 7 heteroatoms.